The van der Waals surface area contributed by atoms with E-state index in [1.807, 2.05) is 52.0 Å². The van der Waals surface area contributed by atoms with Crippen molar-refractivity contribution in [3.63, 3.8) is 0 Å². The van der Waals surface area contributed by atoms with Crippen LogP contribution < -0.4 is 9.47 Å². The summed E-state index contributed by atoms with van der Waals surface area (Å²) in [4.78, 5) is 9.62. The van der Waals surface area contributed by atoms with Crippen molar-refractivity contribution in [2.75, 3.05) is 13.2 Å². The van der Waals surface area contributed by atoms with E-state index < -0.39 is 11.1 Å². The predicted octanol–water partition coefficient (Wildman–Crippen LogP) is 11.2. The van der Waals surface area contributed by atoms with Crippen LogP contribution in [0, 0.1) is 0 Å². The van der Waals surface area contributed by atoms with E-state index in [0.717, 1.165) is 12.8 Å². The average molecular weight is 637 g/mol. The monoisotopic (exact) mass is 636 g/mol. The van der Waals surface area contributed by atoms with Crippen LogP contribution in [0.2, 0.25) is 0 Å². The summed E-state index contributed by atoms with van der Waals surface area (Å²) in [5.41, 5.74) is 0.0899. The molecule has 2 aromatic rings. The first-order chi connectivity index (χ1) is 22.1. The van der Waals surface area contributed by atoms with Crippen molar-refractivity contribution in [2.24, 2.45) is 9.98 Å². The highest BCUT2D eigenvalue weighted by Crippen LogP contribution is 2.31. The summed E-state index contributed by atoms with van der Waals surface area (Å²) in [5, 5.41) is 21.3. The third-order valence-corrected chi connectivity index (χ3v) is 9.09. The molecule has 0 heterocycles. The molecule has 258 valence electrons. The topological polar surface area (TPSA) is 83.6 Å². The normalized spacial score (nSPS) is 12.4. The van der Waals surface area contributed by atoms with E-state index in [2.05, 4.69) is 13.8 Å². The zero-order chi connectivity index (χ0) is 33.7. The number of hydrogen-bond donors (Lipinski definition) is 2. The molecule has 2 N–H and O–H groups in total. The van der Waals surface area contributed by atoms with Crippen LogP contribution in [0.5, 0.6) is 23.0 Å². The molecule has 2 rings (SSSR count). The van der Waals surface area contributed by atoms with Gasteiger partial charge in [-0.15, -0.1) is 0 Å². The van der Waals surface area contributed by atoms with E-state index in [1.54, 1.807) is 24.6 Å². The van der Waals surface area contributed by atoms with Crippen molar-refractivity contribution in [1.29, 1.82) is 0 Å². The third kappa shape index (κ3) is 15.0. The fraction of sp³-hybridized carbons (Fsp3) is 0.650. The van der Waals surface area contributed by atoms with Crippen LogP contribution in [0.25, 0.3) is 0 Å². The summed E-state index contributed by atoms with van der Waals surface area (Å²) >= 11 is 0. The van der Waals surface area contributed by atoms with Crippen molar-refractivity contribution >= 4 is 12.4 Å². The molecule has 2 aromatic carbocycles. The maximum Gasteiger partial charge on any atom is 0.128 e. The van der Waals surface area contributed by atoms with Crippen molar-refractivity contribution in [3.05, 3.63) is 47.5 Å². The number of ether oxygens (including phenoxy) is 2. The maximum atomic E-state index is 10.6. The molecule has 0 spiro atoms. The lowest BCUT2D eigenvalue weighted by Crippen LogP contribution is -2.42. The van der Waals surface area contributed by atoms with Gasteiger partial charge in [-0.3, -0.25) is 9.98 Å². The summed E-state index contributed by atoms with van der Waals surface area (Å²) in [5.74, 6) is 1.63. The van der Waals surface area contributed by atoms with Gasteiger partial charge in [0.25, 0.3) is 0 Å². The summed E-state index contributed by atoms with van der Waals surface area (Å²) in [6, 6.07) is 10.8. The number of phenols is 2. The minimum atomic E-state index is -0.587. The van der Waals surface area contributed by atoms with Crippen molar-refractivity contribution < 1.29 is 19.7 Å². The van der Waals surface area contributed by atoms with Crippen LogP contribution in [-0.4, -0.2) is 46.9 Å². The van der Waals surface area contributed by atoms with Gasteiger partial charge in [0.2, 0.25) is 0 Å². The molecule has 0 saturated heterocycles. The summed E-state index contributed by atoms with van der Waals surface area (Å²) in [7, 11) is 0. The van der Waals surface area contributed by atoms with E-state index in [0.29, 0.717) is 35.8 Å². The van der Waals surface area contributed by atoms with Crippen molar-refractivity contribution in [1.82, 2.24) is 0 Å². The maximum absolute atomic E-state index is 10.6. The second kappa shape index (κ2) is 21.7. The predicted molar refractivity (Wildman–Crippen MR) is 196 cm³/mol. The highest BCUT2D eigenvalue weighted by Gasteiger charge is 2.36. The molecular weight excluding hydrogens is 572 g/mol. The van der Waals surface area contributed by atoms with Crippen molar-refractivity contribution in [3.8, 4) is 23.0 Å². The Bertz CT molecular complexity index is 1080. The molecule has 46 heavy (non-hydrogen) atoms. The minimum absolute atomic E-state index is 0.143. The minimum Gasteiger partial charge on any atom is -0.507 e. The Kier molecular flexibility index (Phi) is 18.5. The van der Waals surface area contributed by atoms with Crippen LogP contribution in [0.15, 0.2) is 46.4 Å². The zero-order valence-corrected chi connectivity index (χ0v) is 30.0. The molecule has 0 aliphatic carbocycles. The smallest absolute Gasteiger partial charge is 0.128 e. The number of nitrogens with zero attached hydrogens (tertiary/aromatic N) is 2. The summed E-state index contributed by atoms with van der Waals surface area (Å²) in [6.45, 7) is 13.9. The Labute approximate surface area is 280 Å². The molecule has 0 atom stereocenters. The Balaban J connectivity index is 1.82. The van der Waals surface area contributed by atoms with Crippen molar-refractivity contribution in [2.45, 2.75) is 155 Å². The molecule has 6 nitrogen and oxygen atoms in total. The SMILES string of the molecule is CCCCCCCCCCOc1ccc(C=NC(C)(C)C(C)(C)N=Cc2ccc(OCCCCCCCCCC)cc2O)c(O)c1. The lowest BCUT2D eigenvalue weighted by molar-refractivity contribution is 0.302. The summed E-state index contributed by atoms with van der Waals surface area (Å²) in [6.07, 6.45) is 23.5. The van der Waals surface area contributed by atoms with Crippen LogP contribution in [-0.2, 0) is 0 Å². The molecule has 0 aromatic heterocycles. The van der Waals surface area contributed by atoms with Gasteiger partial charge in [0, 0.05) is 35.7 Å². The molecule has 0 aliphatic rings. The quantitative estimate of drug-likeness (QED) is 0.0839. The molecule has 0 radical (unpaired) electrons. The molecule has 0 saturated carbocycles. The first-order valence-corrected chi connectivity index (χ1v) is 18.1. The second-order valence-corrected chi connectivity index (χ2v) is 13.7. The second-order valence-electron chi connectivity index (χ2n) is 13.7. The Hall–Kier alpha value is -3.02. The van der Waals surface area contributed by atoms with Crippen LogP contribution in [0.3, 0.4) is 0 Å². The van der Waals surface area contributed by atoms with Gasteiger partial charge in [-0.25, -0.2) is 0 Å². The van der Waals surface area contributed by atoms with Crippen LogP contribution in [0.1, 0.15) is 155 Å². The van der Waals surface area contributed by atoms with E-state index in [4.69, 9.17) is 19.5 Å². The largest absolute Gasteiger partial charge is 0.507 e. The van der Waals surface area contributed by atoms with Gasteiger partial charge in [0.15, 0.2) is 0 Å². The van der Waals surface area contributed by atoms with E-state index in [1.165, 1.54) is 89.9 Å². The highest BCUT2D eigenvalue weighted by atomic mass is 16.5. The van der Waals surface area contributed by atoms with Crippen LogP contribution >= 0.6 is 0 Å². The number of aliphatic imine (C=N–C) groups is 2. The molecule has 0 unspecified atom stereocenters. The lowest BCUT2D eigenvalue weighted by Gasteiger charge is -2.35. The fourth-order valence-corrected chi connectivity index (χ4v) is 5.07. The Morgan fingerprint density at radius 3 is 1.17 bits per heavy atom. The van der Waals surface area contributed by atoms with Gasteiger partial charge in [-0.05, 0) is 64.8 Å². The summed E-state index contributed by atoms with van der Waals surface area (Å²) < 4.78 is 11.7. The van der Waals surface area contributed by atoms with Gasteiger partial charge >= 0.3 is 0 Å². The zero-order valence-electron chi connectivity index (χ0n) is 30.0. The number of rotatable bonds is 25. The molecule has 6 heteroatoms. The number of hydrogen-bond acceptors (Lipinski definition) is 6. The van der Waals surface area contributed by atoms with Gasteiger partial charge in [0.1, 0.15) is 23.0 Å². The number of benzene rings is 2. The Morgan fingerprint density at radius 1 is 0.522 bits per heavy atom. The molecule has 0 aliphatic heterocycles. The number of unbranched alkanes of at least 4 members (excludes halogenated alkanes) is 14. The number of aromatic hydroxyl groups is 2. The van der Waals surface area contributed by atoms with Crippen LogP contribution in [0.4, 0.5) is 0 Å². The van der Waals surface area contributed by atoms with Gasteiger partial charge in [0.05, 0.1) is 24.3 Å². The lowest BCUT2D eigenvalue weighted by atomic mass is 9.83. The van der Waals surface area contributed by atoms with E-state index in [-0.39, 0.29) is 11.5 Å². The molecule has 0 fully saturated rings. The molecular formula is C40H64N2O4. The standard InChI is InChI=1S/C40H64N2O4/c1-7-9-11-13-15-17-19-21-27-45-35-25-23-33(37(43)29-35)31-41-39(3,4)40(5,6)42-32-34-24-26-36(30-38(34)44)46-28-22-20-18-16-14-12-10-8-2/h23-26,29-32,43-44H,7-22,27-28H2,1-6H3. The first-order valence-electron chi connectivity index (χ1n) is 18.1. The third-order valence-electron chi connectivity index (χ3n) is 9.09. The molecule has 0 bridgehead atoms. The highest BCUT2D eigenvalue weighted by molar-refractivity contribution is 5.85. The van der Waals surface area contributed by atoms with Gasteiger partial charge in [-0.2, -0.15) is 0 Å². The first kappa shape index (κ1) is 39.2. The van der Waals surface area contributed by atoms with E-state index in [9.17, 15) is 10.2 Å². The fourth-order valence-electron chi connectivity index (χ4n) is 5.07. The average Bonchev–Trinajstić information content (AvgIpc) is 3.02. The molecule has 0 amide bonds. The number of phenolic OH excluding ortho intramolecular Hbond substituents is 2. The van der Waals surface area contributed by atoms with Gasteiger partial charge in [-0.1, -0.05) is 104 Å². The Morgan fingerprint density at radius 2 is 0.848 bits per heavy atom. The van der Waals surface area contributed by atoms with E-state index >= 15 is 0 Å². The van der Waals surface area contributed by atoms with Gasteiger partial charge < -0.3 is 19.7 Å².